The number of anilines is 1. The lowest BCUT2D eigenvalue weighted by Gasteiger charge is -2.12. The number of hydrogen-bond donors (Lipinski definition) is 1. The average molecular weight is 437 g/mol. The predicted molar refractivity (Wildman–Crippen MR) is 108 cm³/mol. The average Bonchev–Trinajstić information content (AvgIpc) is 3.26. The van der Waals surface area contributed by atoms with Gasteiger partial charge in [-0.25, -0.2) is 4.79 Å². The summed E-state index contributed by atoms with van der Waals surface area (Å²) in [5.74, 6) is -3.31. The van der Waals surface area contributed by atoms with E-state index in [-0.39, 0.29) is 22.3 Å². The number of benzene rings is 2. The Morgan fingerprint density at radius 3 is 2.63 bits per heavy atom. The van der Waals surface area contributed by atoms with E-state index in [1.807, 2.05) is 0 Å². The van der Waals surface area contributed by atoms with E-state index in [9.17, 15) is 18.4 Å². The summed E-state index contributed by atoms with van der Waals surface area (Å²) in [6, 6.07) is 12.5. The molecule has 1 atom stereocenters. The lowest BCUT2D eigenvalue weighted by molar-refractivity contribution is -0.119. The zero-order valence-electron chi connectivity index (χ0n) is 16.0. The number of ether oxygens (including phenoxy) is 3. The third kappa shape index (κ3) is 6.70. The summed E-state index contributed by atoms with van der Waals surface area (Å²) in [5.41, 5.74) is 0.498. The number of carbonyl (C=O) groups is 2. The molecule has 1 heterocycles. The fourth-order valence-electron chi connectivity index (χ4n) is 2.82. The number of thioether (sulfide) groups is 1. The molecule has 160 valence electrons. The number of amides is 1. The van der Waals surface area contributed by atoms with Crippen molar-refractivity contribution >= 4 is 29.3 Å². The van der Waals surface area contributed by atoms with Gasteiger partial charge in [-0.3, -0.25) is 4.79 Å². The van der Waals surface area contributed by atoms with Crippen LogP contribution in [0.15, 0.2) is 53.4 Å². The summed E-state index contributed by atoms with van der Waals surface area (Å²) in [6.45, 7) is 0.669. The summed E-state index contributed by atoms with van der Waals surface area (Å²) < 4.78 is 41.3. The van der Waals surface area contributed by atoms with Gasteiger partial charge in [-0.1, -0.05) is 23.9 Å². The Labute approximate surface area is 176 Å². The third-order valence-electron chi connectivity index (χ3n) is 4.26. The second-order valence-corrected chi connectivity index (χ2v) is 7.50. The number of hydrogen-bond acceptors (Lipinski definition) is 6. The van der Waals surface area contributed by atoms with Crippen LogP contribution in [0.5, 0.6) is 5.75 Å². The first-order valence-corrected chi connectivity index (χ1v) is 10.2. The molecule has 0 aromatic heterocycles. The van der Waals surface area contributed by atoms with Gasteiger partial charge in [0, 0.05) is 11.5 Å². The van der Waals surface area contributed by atoms with Crippen LogP contribution in [0.2, 0.25) is 0 Å². The first-order valence-electron chi connectivity index (χ1n) is 9.36. The number of rotatable bonds is 9. The Morgan fingerprint density at radius 2 is 1.93 bits per heavy atom. The van der Waals surface area contributed by atoms with Crippen molar-refractivity contribution in [3.8, 4) is 5.75 Å². The molecule has 30 heavy (non-hydrogen) atoms. The molecule has 2 aromatic rings. The van der Waals surface area contributed by atoms with E-state index < -0.39 is 24.2 Å². The zero-order valence-corrected chi connectivity index (χ0v) is 16.8. The van der Waals surface area contributed by atoms with Crippen molar-refractivity contribution in [2.24, 2.45) is 0 Å². The van der Waals surface area contributed by atoms with Gasteiger partial charge in [0.2, 0.25) is 0 Å². The van der Waals surface area contributed by atoms with Crippen LogP contribution in [0, 0.1) is 0 Å². The molecule has 1 fully saturated rings. The van der Waals surface area contributed by atoms with Crippen LogP contribution in [0.4, 0.5) is 14.5 Å². The highest BCUT2D eigenvalue weighted by Gasteiger charge is 2.17. The van der Waals surface area contributed by atoms with E-state index in [4.69, 9.17) is 14.2 Å². The standard InChI is InChI=1S/C21H21F2NO5S/c22-21(23)30-18-6-2-1-5-17(18)24-19(25)13-29-20(26)14-7-9-15(10-8-14)28-12-16-4-3-11-27-16/h1-2,5-10,16,21H,3-4,11-13H2,(H,24,25). The molecule has 1 amide bonds. The molecule has 6 nitrogen and oxygen atoms in total. The van der Waals surface area contributed by atoms with Gasteiger partial charge in [-0.05, 0) is 49.2 Å². The molecule has 0 bridgehead atoms. The van der Waals surface area contributed by atoms with Gasteiger partial charge in [0.25, 0.3) is 11.7 Å². The fraction of sp³-hybridized carbons (Fsp3) is 0.333. The Hall–Kier alpha value is -2.65. The number of alkyl halides is 2. The van der Waals surface area contributed by atoms with Crippen molar-refractivity contribution in [3.05, 3.63) is 54.1 Å². The number of halogens is 2. The van der Waals surface area contributed by atoms with Gasteiger partial charge in [0.1, 0.15) is 12.4 Å². The molecule has 1 N–H and O–H groups in total. The van der Waals surface area contributed by atoms with Gasteiger partial charge >= 0.3 is 5.97 Å². The topological polar surface area (TPSA) is 73.9 Å². The van der Waals surface area contributed by atoms with Crippen LogP contribution in [-0.4, -0.2) is 43.6 Å². The van der Waals surface area contributed by atoms with Crippen LogP contribution < -0.4 is 10.1 Å². The highest BCUT2D eigenvalue weighted by Crippen LogP contribution is 2.31. The lowest BCUT2D eigenvalue weighted by atomic mass is 10.2. The van der Waals surface area contributed by atoms with E-state index in [1.165, 1.54) is 12.1 Å². The smallest absolute Gasteiger partial charge is 0.338 e. The van der Waals surface area contributed by atoms with Crippen LogP contribution in [-0.2, 0) is 14.3 Å². The summed E-state index contributed by atoms with van der Waals surface area (Å²) in [4.78, 5) is 24.4. The molecule has 1 aliphatic rings. The molecule has 1 unspecified atom stereocenters. The van der Waals surface area contributed by atoms with Crippen molar-refractivity contribution in [1.82, 2.24) is 0 Å². The molecule has 0 aliphatic carbocycles. The second kappa shape index (κ2) is 10.9. The minimum Gasteiger partial charge on any atom is -0.491 e. The normalized spacial score (nSPS) is 15.8. The molecular weight excluding hydrogens is 416 g/mol. The van der Waals surface area contributed by atoms with Crippen LogP contribution in [0.25, 0.3) is 0 Å². The van der Waals surface area contributed by atoms with E-state index in [2.05, 4.69) is 5.32 Å². The van der Waals surface area contributed by atoms with Crippen LogP contribution >= 0.6 is 11.8 Å². The van der Waals surface area contributed by atoms with Gasteiger partial charge in [-0.15, -0.1) is 0 Å². The Balaban J connectivity index is 1.46. The molecular formula is C21H21F2NO5S. The minimum atomic E-state index is -2.61. The van der Waals surface area contributed by atoms with E-state index in [0.29, 0.717) is 24.1 Å². The highest BCUT2D eigenvalue weighted by atomic mass is 32.2. The van der Waals surface area contributed by atoms with Crippen molar-refractivity contribution in [1.29, 1.82) is 0 Å². The molecule has 0 radical (unpaired) electrons. The molecule has 1 saturated heterocycles. The highest BCUT2D eigenvalue weighted by molar-refractivity contribution is 7.99. The van der Waals surface area contributed by atoms with Crippen LogP contribution in [0.3, 0.4) is 0 Å². The minimum absolute atomic E-state index is 0.0948. The maximum absolute atomic E-state index is 12.6. The van der Waals surface area contributed by atoms with E-state index in [0.717, 1.165) is 19.4 Å². The van der Waals surface area contributed by atoms with E-state index >= 15 is 0 Å². The molecule has 1 aliphatic heterocycles. The Morgan fingerprint density at radius 1 is 1.17 bits per heavy atom. The van der Waals surface area contributed by atoms with Gasteiger partial charge in [0.15, 0.2) is 6.61 Å². The largest absolute Gasteiger partial charge is 0.491 e. The summed E-state index contributed by atoms with van der Waals surface area (Å²) in [5, 5.41) is 2.47. The molecule has 3 rings (SSSR count). The summed E-state index contributed by atoms with van der Waals surface area (Å²) in [7, 11) is 0. The quantitative estimate of drug-likeness (QED) is 0.464. The maximum atomic E-state index is 12.6. The molecule has 2 aromatic carbocycles. The van der Waals surface area contributed by atoms with Crippen molar-refractivity contribution < 1.29 is 32.6 Å². The fourth-order valence-corrected chi connectivity index (χ4v) is 3.42. The van der Waals surface area contributed by atoms with Crippen molar-refractivity contribution in [2.75, 3.05) is 25.1 Å². The Kier molecular flexibility index (Phi) is 8.04. The number of carbonyl (C=O) groups excluding carboxylic acids is 2. The lowest BCUT2D eigenvalue weighted by Crippen LogP contribution is -2.21. The molecule has 9 heteroatoms. The SMILES string of the molecule is O=C(COC(=O)c1ccc(OCC2CCCO2)cc1)Nc1ccccc1SC(F)F. The number of nitrogens with one attached hydrogen (secondary N) is 1. The molecule has 0 spiro atoms. The zero-order chi connectivity index (χ0) is 21.3. The van der Waals surface area contributed by atoms with Crippen molar-refractivity contribution in [3.63, 3.8) is 0 Å². The number of esters is 1. The maximum Gasteiger partial charge on any atom is 0.338 e. The number of para-hydroxylation sites is 1. The van der Waals surface area contributed by atoms with Gasteiger partial charge in [-0.2, -0.15) is 8.78 Å². The first-order chi connectivity index (χ1) is 14.5. The summed E-state index contributed by atoms with van der Waals surface area (Å²) in [6.07, 6.45) is 2.10. The van der Waals surface area contributed by atoms with Gasteiger partial charge in [0.05, 0.1) is 17.4 Å². The van der Waals surface area contributed by atoms with Crippen molar-refractivity contribution in [2.45, 2.75) is 29.6 Å². The van der Waals surface area contributed by atoms with Crippen LogP contribution in [0.1, 0.15) is 23.2 Å². The summed E-state index contributed by atoms with van der Waals surface area (Å²) >= 11 is 0.326. The Bertz CT molecular complexity index is 857. The first kappa shape index (κ1) is 22.0. The molecule has 0 saturated carbocycles. The van der Waals surface area contributed by atoms with E-state index in [1.54, 1.807) is 36.4 Å². The van der Waals surface area contributed by atoms with Gasteiger partial charge < -0.3 is 19.5 Å². The monoisotopic (exact) mass is 437 g/mol. The third-order valence-corrected chi connectivity index (χ3v) is 5.05. The predicted octanol–water partition coefficient (Wildman–Crippen LogP) is 4.35. The second-order valence-electron chi connectivity index (χ2n) is 6.47.